The van der Waals surface area contributed by atoms with E-state index < -0.39 is 7.32 Å². The average Bonchev–Trinajstić information content (AvgIpc) is 2.89. The lowest BCUT2D eigenvalue weighted by Gasteiger charge is -2.24. The summed E-state index contributed by atoms with van der Waals surface area (Å²) < 4.78 is 6.75. The van der Waals surface area contributed by atoms with E-state index in [9.17, 15) is 10.0 Å². The van der Waals surface area contributed by atoms with Crippen molar-refractivity contribution >= 4 is 18.1 Å². The van der Waals surface area contributed by atoms with E-state index >= 15 is 0 Å². The highest BCUT2D eigenvalue weighted by Crippen LogP contribution is 2.50. The monoisotopic (exact) mass is 532 g/mol. The van der Waals surface area contributed by atoms with Crippen molar-refractivity contribution in [2.24, 2.45) is 0 Å². The van der Waals surface area contributed by atoms with Gasteiger partial charge >= 0.3 is 7.32 Å². The van der Waals surface area contributed by atoms with Crippen molar-refractivity contribution in [2.75, 3.05) is 28.2 Å². The van der Waals surface area contributed by atoms with E-state index in [1.807, 2.05) is 18.2 Å². The molecule has 5 rings (SSSR count). The number of hydrogen-bond acceptors (Lipinski definition) is 3. The maximum atomic E-state index is 9.93. The van der Waals surface area contributed by atoms with Crippen LogP contribution < -0.4 is 4.65 Å². The van der Waals surface area contributed by atoms with Crippen molar-refractivity contribution in [3.05, 3.63) is 114 Å². The third kappa shape index (κ3) is 6.99. The first-order chi connectivity index (χ1) is 18.9. The Morgan fingerprint density at radius 2 is 0.850 bits per heavy atom. The molecule has 0 aliphatic carbocycles. The van der Waals surface area contributed by atoms with Crippen LogP contribution in [-0.4, -0.2) is 50.0 Å². The van der Waals surface area contributed by atoms with Gasteiger partial charge in [-0.2, -0.15) is 0 Å². The lowest BCUT2D eigenvalue weighted by Crippen LogP contribution is -2.27. The van der Waals surface area contributed by atoms with Crippen LogP contribution in [-0.2, 0) is 0 Å². The second kappa shape index (κ2) is 12.1. The lowest BCUT2D eigenvalue weighted by atomic mass is 9.82. The van der Waals surface area contributed by atoms with Gasteiger partial charge in [0, 0.05) is 16.5 Å². The molecule has 40 heavy (non-hydrogen) atoms. The number of rotatable bonds is 5. The maximum Gasteiger partial charge on any atom is 0.707 e. The maximum absolute atomic E-state index is 9.93. The number of benzene rings is 5. The minimum atomic E-state index is -1.95. The standard InChI is InChI=1S/C31H27BO3.C4H12N/c1-20-8-14-23(15-9-20)28-26-6-4-5-7-27(26)31(35-32(33)34)30(25-18-12-22(3)13-19-25)29(28)24-16-10-21(2)11-17-24;1-5(2,3)4/h4-19,33-34H,1-3H3;1-4H3/q;+1. The molecule has 0 heterocycles. The van der Waals surface area contributed by atoms with Gasteiger partial charge in [0.2, 0.25) is 0 Å². The van der Waals surface area contributed by atoms with Crippen molar-refractivity contribution in [1.29, 1.82) is 0 Å². The topological polar surface area (TPSA) is 49.7 Å². The van der Waals surface area contributed by atoms with Crippen molar-refractivity contribution in [3.63, 3.8) is 0 Å². The normalized spacial score (nSPS) is 11.1. The summed E-state index contributed by atoms with van der Waals surface area (Å²) in [5.41, 5.74) is 9.48. The van der Waals surface area contributed by atoms with Crippen LogP contribution in [0.5, 0.6) is 5.75 Å². The van der Waals surface area contributed by atoms with E-state index in [-0.39, 0.29) is 0 Å². The molecule has 5 aromatic rings. The Morgan fingerprint density at radius 1 is 0.500 bits per heavy atom. The van der Waals surface area contributed by atoms with Gasteiger partial charge in [0.05, 0.1) is 28.2 Å². The smallest absolute Gasteiger partial charge is 0.511 e. The fraction of sp³-hybridized carbons (Fsp3) is 0.200. The number of nitrogens with zero attached hydrogens (tertiary/aromatic N) is 1. The number of hydrogen-bond donors (Lipinski definition) is 2. The summed E-state index contributed by atoms with van der Waals surface area (Å²) in [7, 11) is 6.55. The van der Waals surface area contributed by atoms with Crippen molar-refractivity contribution in [3.8, 4) is 39.1 Å². The second-order valence-electron chi connectivity index (χ2n) is 11.7. The molecule has 0 bridgehead atoms. The fourth-order valence-corrected chi connectivity index (χ4v) is 4.66. The molecule has 0 fully saturated rings. The van der Waals surface area contributed by atoms with Crippen molar-refractivity contribution in [2.45, 2.75) is 20.8 Å². The van der Waals surface area contributed by atoms with Gasteiger partial charge < -0.3 is 19.2 Å². The van der Waals surface area contributed by atoms with E-state index in [1.54, 1.807) is 0 Å². The van der Waals surface area contributed by atoms with Crippen molar-refractivity contribution in [1.82, 2.24) is 0 Å². The van der Waals surface area contributed by atoms with Gasteiger partial charge in [-0.1, -0.05) is 114 Å². The summed E-state index contributed by atoms with van der Waals surface area (Å²) in [6.07, 6.45) is 0. The third-order valence-corrected chi connectivity index (χ3v) is 6.41. The van der Waals surface area contributed by atoms with Crippen LogP contribution in [0.3, 0.4) is 0 Å². The van der Waals surface area contributed by atoms with Crippen LogP contribution >= 0.6 is 0 Å². The molecule has 0 aromatic heterocycles. The number of aryl methyl sites for hydroxylation is 3. The lowest BCUT2D eigenvalue weighted by molar-refractivity contribution is -0.849. The Kier molecular flexibility index (Phi) is 8.80. The minimum absolute atomic E-state index is 0.450. The molecule has 0 saturated heterocycles. The largest absolute Gasteiger partial charge is 0.707 e. The molecule has 5 aromatic carbocycles. The second-order valence-corrected chi connectivity index (χ2v) is 11.7. The molecule has 2 N–H and O–H groups in total. The van der Waals surface area contributed by atoms with Gasteiger partial charge in [-0.05, 0) is 48.4 Å². The van der Waals surface area contributed by atoms with Gasteiger partial charge in [0.25, 0.3) is 0 Å². The minimum Gasteiger partial charge on any atom is -0.511 e. The number of fused-ring (bicyclic) bond motifs is 1. The van der Waals surface area contributed by atoms with Crippen LogP contribution in [0, 0.1) is 20.8 Å². The van der Waals surface area contributed by atoms with Crippen LogP contribution in [0.25, 0.3) is 44.2 Å². The molecule has 5 heteroatoms. The summed E-state index contributed by atoms with van der Waals surface area (Å²) in [5, 5.41) is 21.7. The van der Waals surface area contributed by atoms with Gasteiger partial charge in [-0.3, -0.25) is 0 Å². The van der Waals surface area contributed by atoms with E-state index in [4.69, 9.17) is 4.65 Å². The molecule has 0 aliphatic rings. The van der Waals surface area contributed by atoms with E-state index in [0.717, 1.165) is 54.2 Å². The van der Waals surface area contributed by atoms with Crippen molar-refractivity contribution < 1.29 is 19.2 Å². The molecular formula is C35H39BNO3+. The number of quaternary nitrogens is 1. The highest BCUT2D eigenvalue weighted by molar-refractivity contribution is 6.34. The molecule has 4 nitrogen and oxygen atoms in total. The molecule has 0 aliphatic heterocycles. The van der Waals surface area contributed by atoms with Gasteiger partial charge in [-0.25, -0.2) is 0 Å². The molecule has 0 unspecified atom stereocenters. The molecule has 0 saturated carbocycles. The Bertz CT molecular complexity index is 1580. The molecule has 204 valence electrons. The summed E-state index contributed by atoms with van der Waals surface area (Å²) >= 11 is 0. The Balaban J connectivity index is 0.000000681. The summed E-state index contributed by atoms with van der Waals surface area (Å²) in [4.78, 5) is 0. The van der Waals surface area contributed by atoms with E-state index in [0.29, 0.717) is 5.75 Å². The first-order valence-corrected chi connectivity index (χ1v) is 13.5. The summed E-state index contributed by atoms with van der Waals surface area (Å²) in [5.74, 6) is 0.450. The Labute approximate surface area is 238 Å². The first kappa shape index (κ1) is 29.1. The SMILES string of the molecule is C[N+](C)(C)C.Cc1ccc(-c2c(-c3ccc(C)cc3)c(-c3ccc(C)cc3)c3ccccc3c2OB(O)O)cc1. The van der Waals surface area contributed by atoms with Gasteiger partial charge in [-0.15, -0.1) is 0 Å². The van der Waals surface area contributed by atoms with Crippen LogP contribution in [0.2, 0.25) is 0 Å². The van der Waals surface area contributed by atoms with E-state index in [2.05, 4.69) is 128 Å². The molecule has 0 spiro atoms. The fourth-order valence-electron chi connectivity index (χ4n) is 4.66. The molecular weight excluding hydrogens is 493 g/mol. The highest BCUT2D eigenvalue weighted by Gasteiger charge is 2.26. The predicted octanol–water partition coefficient (Wildman–Crippen LogP) is 7.44. The molecule has 0 amide bonds. The zero-order chi connectivity index (χ0) is 29.0. The highest BCUT2D eigenvalue weighted by atomic mass is 16.6. The predicted molar refractivity (Wildman–Crippen MR) is 169 cm³/mol. The van der Waals surface area contributed by atoms with Gasteiger partial charge in [0.1, 0.15) is 5.75 Å². The van der Waals surface area contributed by atoms with Crippen LogP contribution in [0.15, 0.2) is 97.1 Å². The Morgan fingerprint density at radius 3 is 1.25 bits per heavy atom. The third-order valence-electron chi connectivity index (χ3n) is 6.41. The molecule has 0 radical (unpaired) electrons. The quantitative estimate of drug-likeness (QED) is 0.183. The van der Waals surface area contributed by atoms with Crippen LogP contribution in [0.1, 0.15) is 16.7 Å². The summed E-state index contributed by atoms with van der Waals surface area (Å²) in [6, 6.07) is 33.2. The average molecular weight is 533 g/mol. The van der Waals surface area contributed by atoms with E-state index in [1.165, 1.54) is 11.1 Å². The summed E-state index contributed by atoms with van der Waals surface area (Å²) in [6.45, 7) is 6.21. The molecule has 0 atom stereocenters. The first-order valence-electron chi connectivity index (χ1n) is 13.5. The van der Waals surface area contributed by atoms with Crippen LogP contribution in [0.4, 0.5) is 0 Å². The zero-order valence-electron chi connectivity index (χ0n) is 24.6. The van der Waals surface area contributed by atoms with Gasteiger partial charge in [0.15, 0.2) is 0 Å². The Hall–Kier alpha value is -3.90. The zero-order valence-corrected chi connectivity index (χ0v) is 24.6.